The van der Waals surface area contributed by atoms with Crippen LogP contribution in [0.5, 0.6) is 5.88 Å². The van der Waals surface area contributed by atoms with Crippen LogP contribution < -0.4 is 9.64 Å². The Morgan fingerprint density at radius 2 is 2.32 bits per heavy atom. The second-order valence-corrected chi connectivity index (χ2v) is 4.63. The number of aromatic nitrogens is 4. The standard InChI is InChI=1S/C13H17N5O/c1-19-12-5-7-14-13(16-12)17-8-2-4-11(10-17)18-9-3-6-15-18/h3,5-7,9,11H,2,4,8,10H2,1H3. The van der Waals surface area contributed by atoms with E-state index in [9.17, 15) is 0 Å². The van der Waals surface area contributed by atoms with Gasteiger partial charge in [0.25, 0.3) is 0 Å². The Morgan fingerprint density at radius 1 is 1.37 bits per heavy atom. The molecule has 0 radical (unpaired) electrons. The van der Waals surface area contributed by atoms with E-state index >= 15 is 0 Å². The average molecular weight is 259 g/mol. The van der Waals surface area contributed by atoms with Gasteiger partial charge in [-0.1, -0.05) is 0 Å². The molecule has 0 spiro atoms. The normalized spacial score (nSPS) is 19.4. The number of piperidine rings is 1. The van der Waals surface area contributed by atoms with E-state index in [0.29, 0.717) is 11.9 Å². The number of hydrogen-bond donors (Lipinski definition) is 0. The molecule has 6 heteroatoms. The number of nitrogens with zero attached hydrogens (tertiary/aromatic N) is 5. The van der Waals surface area contributed by atoms with Gasteiger partial charge in [0.05, 0.1) is 13.2 Å². The first-order valence-corrected chi connectivity index (χ1v) is 6.48. The maximum atomic E-state index is 5.15. The van der Waals surface area contributed by atoms with E-state index in [0.717, 1.165) is 31.9 Å². The van der Waals surface area contributed by atoms with E-state index in [1.165, 1.54) is 0 Å². The minimum absolute atomic E-state index is 0.388. The van der Waals surface area contributed by atoms with Crippen molar-refractivity contribution >= 4 is 5.95 Å². The van der Waals surface area contributed by atoms with Crippen LogP contribution in [-0.4, -0.2) is 39.9 Å². The highest BCUT2D eigenvalue weighted by atomic mass is 16.5. The van der Waals surface area contributed by atoms with E-state index in [-0.39, 0.29) is 0 Å². The first kappa shape index (κ1) is 12.0. The van der Waals surface area contributed by atoms with Crippen molar-refractivity contribution in [3.63, 3.8) is 0 Å². The summed E-state index contributed by atoms with van der Waals surface area (Å²) in [7, 11) is 1.62. The fourth-order valence-corrected chi connectivity index (χ4v) is 2.45. The highest BCUT2D eigenvalue weighted by Gasteiger charge is 2.23. The molecule has 0 aliphatic carbocycles. The van der Waals surface area contributed by atoms with Crippen LogP contribution in [-0.2, 0) is 0 Å². The Balaban J connectivity index is 1.77. The molecule has 0 aromatic carbocycles. The summed E-state index contributed by atoms with van der Waals surface area (Å²) >= 11 is 0. The lowest BCUT2D eigenvalue weighted by Crippen LogP contribution is -2.37. The Bertz CT molecular complexity index is 528. The third-order valence-corrected chi connectivity index (χ3v) is 3.40. The molecule has 2 aromatic rings. The van der Waals surface area contributed by atoms with Crippen LogP contribution in [0.1, 0.15) is 18.9 Å². The molecule has 1 fully saturated rings. The molecule has 1 saturated heterocycles. The second kappa shape index (κ2) is 5.26. The number of methoxy groups -OCH3 is 1. The molecule has 100 valence electrons. The lowest BCUT2D eigenvalue weighted by Gasteiger charge is -2.32. The average Bonchev–Trinajstić information content (AvgIpc) is 3.02. The van der Waals surface area contributed by atoms with Crippen LogP contribution in [0.15, 0.2) is 30.7 Å². The molecule has 3 heterocycles. The molecular weight excluding hydrogens is 242 g/mol. The predicted molar refractivity (Wildman–Crippen MR) is 71.3 cm³/mol. The summed E-state index contributed by atoms with van der Waals surface area (Å²) in [5.74, 6) is 1.34. The molecule has 0 N–H and O–H groups in total. The summed E-state index contributed by atoms with van der Waals surface area (Å²) in [6.45, 7) is 1.86. The maximum absolute atomic E-state index is 5.15. The summed E-state index contributed by atoms with van der Waals surface area (Å²) in [5, 5.41) is 4.33. The third-order valence-electron chi connectivity index (χ3n) is 3.40. The van der Waals surface area contributed by atoms with E-state index in [2.05, 4.69) is 20.0 Å². The summed E-state index contributed by atoms with van der Waals surface area (Å²) in [4.78, 5) is 10.9. The lowest BCUT2D eigenvalue weighted by atomic mass is 10.1. The molecule has 0 amide bonds. The number of ether oxygens (including phenoxy) is 1. The van der Waals surface area contributed by atoms with Gasteiger partial charge < -0.3 is 9.64 Å². The topological polar surface area (TPSA) is 56.1 Å². The molecule has 0 saturated carbocycles. The van der Waals surface area contributed by atoms with Gasteiger partial charge in [0, 0.05) is 37.7 Å². The van der Waals surface area contributed by atoms with Gasteiger partial charge in [-0.2, -0.15) is 10.1 Å². The quantitative estimate of drug-likeness (QED) is 0.836. The Morgan fingerprint density at radius 3 is 3.11 bits per heavy atom. The zero-order valence-corrected chi connectivity index (χ0v) is 10.9. The van der Waals surface area contributed by atoms with Crippen molar-refractivity contribution in [1.29, 1.82) is 0 Å². The summed E-state index contributed by atoms with van der Waals surface area (Å²) in [5.41, 5.74) is 0. The zero-order chi connectivity index (χ0) is 13.1. The van der Waals surface area contributed by atoms with Crippen LogP contribution in [0.2, 0.25) is 0 Å². The van der Waals surface area contributed by atoms with E-state index < -0.39 is 0 Å². The van der Waals surface area contributed by atoms with Crippen LogP contribution in [0.3, 0.4) is 0 Å². The largest absolute Gasteiger partial charge is 0.481 e. The fraction of sp³-hybridized carbons (Fsp3) is 0.462. The molecule has 2 aromatic heterocycles. The fourth-order valence-electron chi connectivity index (χ4n) is 2.45. The third kappa shape index (κ3) is 2.52. The van der Waals surface area contributed by atoms with E-state index in [1.54, 1.807) is 19.4 Å². The van der Waals surface area contributed by atoms with Gasteiger partial charge in [-0.15, -0.1) is 0 Å². The van der Waals surface area contributed by atoms with Crippen molar-refractivity contribution in [3.05, 3.63) is 30.7 Å². The lowest BCUT2D eigenvalue weighted by molar-refractivity contribution is 0.369. The van der Waals surface area contributed by atoms with Gasteiger partial charge in [-0.05, 0) is 18.9 Å². The van der Waals surface area contributed by atoms with Gasteiger partial charge in [0.1, 0.15) is 0 Å². The first-order valence-electron chi connectivity index (χ1n) is 6.48. The van der Waals surface area contributed by atoms with Crippen molar-refractivity contribution in [1.82, 2.24) is 19.7 Å². The van der Waals surface area contributed by atoms with Crippen molar-refractivity contribution in [2.45, 2.75) is 18.9 Å². The maximum Gasteiger partial charge on any atom is 0.228 e. The van der Waals surface area contributed by atoms with Crippen molar-refractivity contribution in [3.8, 4) is 5.88 Å². The molecule has 1 atom stereocenters. The van der Waals surface area contributed by atoms with Crippen LogP contribution >= 0.6 is 0 Å². The van der Waals surface area contributed by atoms with Crippen molar-refractivity contribution < 1.29 is 4.74 Å². The highest BCUT2D eigenvalue weighted by Crippen LogP contribution is 2.24. The zero-order valence-electron chi connectivity index (χ0n) is 10.9. The van der Waals surface area contributed by atoms with Gasteiger partial charge in [0.15, 0.2) is 0 Å². The number of hydrogen-bond acceptors (Lipinski definition) is 5. The van der Waals surface area contributed by atoms with Crippen LogP contribution in [0.25, 0.3) is 0 Å². The molecule has 6 nitrogen and oxygen atoms in total. The Kier molecular flexibility index (Phi) is 3.31. The predicted octanol–water partition coefficient (Wildman–Crippen LogP) is 1.52. The van der Waals surface area contributed by atoms with Gasteiger partial charge in [-0.25, -0.2) is 4.98 Å². The van der Waals surface area contributed by atoms with Crippen LogP contribution in [0, 0.1) is 0 Å². The number of anilines is 1. The smallest absolute Gasteiger partial charge is 0.228 e. The van der Waals surface area contributed by atoms with Crippen LogP contribution in [0.4, 0.5) is 5.95 Å². The number of rotatable bonds is 3. The molecule has 1 aliphatic rings. The highest BCUT2D eigenvalue weighted by molar-refractivity contribution is 5.32. The van der Waals surface area contributed by atoms with Gasteiger partial charge in [-0.3, -0.25) is 4.68 Å². The van der Waals surface area contributed by atoms with Gasteiger partial charge in [0.2, 0.25) is 11.8 Å². The van der Waals surface area contributed by atoms with E-state index in [1.807, 2.05) is 23.1 Å². The molecule has 0 bridgehead atoms. The van der Waals surface area contributed by atoms with E-state index in [4.69, 9.17) is 4.74 Å². The molecule has 1 aliphatic heterocycles. The van der Waals surface area contributed by atoms with Crippen molar-refractivity contribution in [2.75, 3.05) is 25.1 Å². The summed E-state index contributed by atoms with van der Waals surface area (Å²) in [6, 6.07) is 4.11. The monoisotopic (exact) mass is 259 g/mol. The Labute approximate surface area is 112 Å². The minimum atomic E-state index is 0.388. The SMILES string of the molecule is COc1ccnc(N2CCCC(n3cccn3)C2)n1. The molecule has 19 heavy (non-hydrogen) atoms. The minimum Gasteiger partial charge on any atom is -0.481 e. The summed E-state index contributed by atoms with van der Waals surface area (Å²) < 4.78 is 7.17. The molecular formula is C13H17N5O. The first-order chi connectivity index (χ1) is 9.36. The summed E-state index contributed by atoms with van der Waals surface area (Å²) in [6.07, 6.45) is 7.83. The Hall–Kier alpha value is -2.11. The van der Waals surface area contributed by atoms with Crippen molar-refractivity contribution in [2.24, 2.45) is 0 Å². The molecule has 3 rings (SSSR count). The van der Waals surface area contributed by atoms with Gasteiger partial charge >= 0.3 is 0 Å². The second-order valence-electron chi connectivity index (χ2n) is 4.63. The molecule has 1 unspecified atom stereocenters.